The molecular formula is C24H18Cl2N2O2S. The third-order valence-electron chi connectivity index (χ3n) is 5.65. The molecule has 0 saturated carbocycles. The molecule has 1 spiro atoms. The highest BCUT2D eigenvalue weighted by Gasteiger charge is 2.63. The fourth-order valence-corrected chi connectivity index (χ4v) is 6.12. The molecule has 1 saturated heterocycles. The molecule has 3 aromatic carbocycles. The first-order valence-corrected chi connectivity index (χ1v) is 11.5. The molecule has 31 heavy (non-hydrogen) atoms. The summed E-state index contributed by atoms with van der Waals surface area (Å²) in [5.41, 5.74) is 3.20. The Bertz CT molecular complexity index is 1200. The SMILES string of the molecule is C[C@@H]1S[C@]2(C(=O)N(Cc3ccc(Cl)cc3)c3ccccc32)N(c2cccc(Cl)c2)C1=O. The molecule has 0 unspecified atom stereocenters. The standard InChI is InChI=1S/C24H18Cl2N2O2S/c1-15-22(29)28(19-6-4-5-18(26)13-19)24(31-15)20-7-2-3-8-21(20)27(23(24)30)14-16-9-11-17(25)12-10-16/h2-13,15H,14H2,1H3/t15-,24+/m0/s1. The first-order chi connectivity index (χ1) is 14.9. The monoisotopic (exact) mass is 468 g/mol. The van der Waals surface area contributed by atoms with Gasteiger partial charge in [-0.1, -0.05) is 59.6 Å². The van der Waals surface area contributed by atoms with Gasteiger partial charge in [-0.2, -0.15) is 0 Å². The van der Waals surface area contributed by atoms with Crippen LogP contribution in [0.1, 0.15) is 18.1 Å². The van der Waals surface area contributed by atoms with Crippen LogP contribution in [0.2, 0.25) is 10.0 Å². The van der Waals surface area contributed by atoms with E-state index in [4.69, 9.17) is 23.2 Å². The quantitative estimate of drug-likeness (QED) is 0.483. The zero-order valence-electron chi connectivity index (χ0n) is 16.6. The highest BCUT2D eigenvalue weighted by atomic mass is 35.5. The molecule has 0 bridgehead atoms. The maximum atomic E-state index is 14.1. The van der Waals surface area contributed by atoms with Gasteiger partial charge in [0, 0.05) is 21.3 Å². The van der Waals surface area contributed by atoms with E-state index in [-0.39, 0.29) is 17.1 Å². The molecule has 0 radical (unpaired) electrons. The topological polar surface area (TPSA) is 40.6 Å². The minimum absolute atomic E-state index is 0.108. The van der Waals surface area contributed by atoms with Gasteiger partial charge in [-0.25, -0.2) is 0 Å². The Balaban J connectivity index is 1.66. The Morgan fingerprint density at radius 1 is 0.935 bits per heavy atom. The molecule has 2 atom stereocenters. The number of amides is 2. The summed E-state index contributed by atoms with van der Waals surface area (Å²) in [6.45, 7) is 2.23. The van der Waals surface area contributed by atoms with Crippen molar-refractivity contribution >= 4 is 58.2 Å². The van der Waals surface area contributed by atoms with Crippen molar-refractivity contribution in [2.75, 3.05) is 9.80 Å². The van der Waals surface area contributed by atoms with Crippen molar-refractivity contribution in [1.29, 1.82) is 0 Å². The summed E-state index contributed by atoms with van der Waals surface area (Å²) in [6.07, 6.45) is 0. The number of carbonyl (C=O) groups is 2. The van der Waals surface area contributed by atoms with Gasteiger partial charge in [0.25, 0.3) is 5.91 Å². The number of benzene rings is 3. The summed E-state index contributed by atoms with van der Waals surface area (Å²) >= 11 is 13.6. The van der Waals surface area contributed by atoms with E-state index in [2.05, 4.69) is 0 Å². The van der Waals surface area contributed by atoms with E-state index in [1.807, 2.05) is 61.5 Å². The molecule has 1 fully saturated rings. The van der Waals surface area contributed by atoms with Crippen molar-refractivity contribution in [3.8, 4) is 0 Å². The number of halogens is 2. The molecule has 2 amide bonds. The Morgan fingerprint density at radius 3 is 2.42 bits per heavy atom. The number of para-hydroxylation sites is 1. The summed E-state index contributed by atoms with van der Waals surface area (Å²) in [4.78, 5) is 29.6. The third-order valence-corrected chi connectivity index (χ3v) is 7.61. The van der Waals surface area contributed by atoms with Gasteiger partial charge in [0.1, 0.15) is 0 Å². The van der Waals surface area contributed by atoms with Gasteiger partial charge in [0.15, 0.2) is 0 Å². The average molecular weight is 469 g/mol. The third kappa shape index (κ3) is 3.15. The van der Waals surface area contributed by atoms with Gasteiger partial charge in [-0.15, -0.1) is 11.8 Å². The van der Waals surface area contributed by atoms with Crippen LogP contribution in [-0.4, -0.2) is 17.1 Å². The van der Waals surface area contributed by atoms with Crippen LogP contribution in [0, 0.1) is 0 Å². The predicted octanol–water partition coefficient (Wildman–Crippen LogP) is 5.86. The molecule has 2 aliphatic rings. The number of anilines is 2. The zero-order chi connectivity index (χ0) is 21.8. The molecule has 0 N–H and O–H groups in total. The van der Waals surface area contributed by atoms with Gasteiger partial charge in [0.2, 0.25) is 10.8 Å². The summed E-state index contributed by atoms with van der Waals surface area (Å²) in [7, 11) is 0. The van der Waals surface area contributed by atoms with E-state index in [0.717, 1.165) is 16.8 Å². The van der Waals surface area contributed by atoms with Gasteiger partial charge >= 0.3 is 0 Å². The highest BCUT2D eigenvalue weighted by molar-refractivity contribution is 8.03. The number of hydrogen-bond acceptors (Lipinski definition) is 3. The van der Waals surface area contributed by atoms with Crippen molar-refractivity contribution in [2.24, 2.45) is 0 Å². The van der Waals surface area contributed by atoms with Crippen LogP contribution in [0.15, 0.2) is 72.8 Å². The van der Waals surface area contributed by atoms with E-state index in [9.17, 15) is 9.59 Å². The largest absolute Gasteiger partial charge is 0.304 e. The molecule has 4 nitrogen and oxygen atoms in total. The molecule has 3 aromatic rings. The number of thioether (sulfide) groups is 1. The second-order valence-electron chi connectivity index (χ2n) is 7.59. The molecule has 0 aliphatic carbocycles. The molecule has 5 rings (SSSR count). The normalized spacial score (nSPS) is 22.5. The molecule has 2 aliphatic heterocycles. The summed E-state index contributed by atoms with van der Waals surface area (Å²) in [5.74, 6) is -0.241. The van der Waals surface area contributed by atoms with Crippen LogP contribution in [-0.2, 0) is 21.0 Å². The molecule has 156 valence electrons. The van der Waals surface area contributed by atoms with E-state index in [0.29, 0.717) is 22.3 Å². The second-order valence-corrected chi connectivity index (χ2v) is 10.00. The second kappa shape index (κ2) is 7.59. The lowest BCUT2D eigenvalue weighted by atomic mass is 10.0. The Kier molecular flexibility index (Phi) is 5.00. The summed E-state index contributed by atoms with van der Waals surface area (Å²) in [5, 5.41) is 0.791. The minimum atomic E-state index is -1.16. The zero-order valence-corrected chi connectivity index (χ0v) is 18.9. The molecule has 2 heterocycles. The fraction of sp³-hybridized carbons (Fsp3) is 0.167. The number of hydrogen-bond donors (Lipinski definition) is 0. The molecule has 0 aromatic heterocycles. The van der Waals surface area contributed by atoms with Gasteiger partial charge in [-0.05, 0) is 48.9 Å². The fourth-order valence-electron chi connectivity index (χ4n) is 4.28. The van der Waals surface area contributed by atoms with Crippen molar-refractivity contribution in [2.45, 2.75) is 23.6 Å². The number of nitrogens with zero attached hydrogens (tertiary/aromatic N) is 2. The maximum absolute atomic E-state index is 14.1. The Hall–Kier alpha value is -2.47. The highest BCUT2D eigenvalue weighted by Crippen LogP contribution is 2.58. The lowest BCUT2D eigenvalue weighted by Crippen LogP contribution is -2.49. The first kappa shape index (κ1) is 20.4. The van der Waals surface area contributed by atoms with Crippen LogP contribution in [0.4, 0.5) is 11.4 Å². The lowest BCUT2D eigenvalue weighted by Gasteiger charge is -2.33. The Morgan fingerprint density at radius 2 is 1.68 bits per heavy atom. The minimum Gasteiger partial charge on any atom is -0.304 e. The molecule has 7 heteroatoms. The van der Waals surface area contributed by atoms with E-state index >= 15 is 0 Å². The van der Waals surface area contributed by atoms with E-state index in [1.165, 1.54) is 11.8 Å². The van der Waals surface area contributed by atoms with Crippen LogP contribution in [0.3, 0.4) is 0 Å². The van der Waals surface area contributed by atoms with Crippen LogP contribution >= 0.6 is 35.0 Å². The first-order valence-electron chi connectivity index (χ1n) is 9.85. The summed E-state index contributed by atoms with van der Waals surface area (Å²) < 4.78 is 0. The van der Waals surface area contributed by atoms with Gasteiger partial charge in [0.05, 0.1) is 17.5 Å². The van der Waals surface area contributed by atoms with Crippen molar-refractivity contribution in [3.63, 3.8) is 0 Å². The van der Waals surface area contributed by atoms with Gasteiger partial charge in [-0.3, -0.25) is 14.5 Å². The average Bonchev–Trinajstić information content (AvgIpc) is 3.16. The van der Waals surface area contributed by atoms with Crippen LogP contribution in [0.5, 0.6) is 0 Å². The number of rotatable bonds is 3. The van der Waals surface area contributed by atoms with Crippen molar-refractivity contribution in [1.82, 2.24) is 0 Å². The smallest absolute Gasteiger partial charge is 0.269 e. The van der Waals surface area contributed by atoms with E-state index in [1.54, 1.807) is 28.0 Å². The van der Waals surface area contributed by atoms with Crippen molar-refractivity contribution in [3.05, 3.63) is 94.0 Å². The number of fused-ring (bicyclic) bond motifs is 2. The number of carbonyl (C=O) groups excluding carboxylic acids is 2. The van der Waals surface area contributed by atoms with E-state index < -0.39 is 4.87 Å². The maximum Gasteiger partial charge on any atom is 0.269 e. The van der Waals surface area contributed by atoms with Gasteiger partial charge < -0.3 is 4.90 Å². The molecular weight excluding hydrogens is 451 g/mol. The predicted molar refractivity (Wildman–Crippen MR) is 127 cm³/mol. The van der Waals surface area contributed by atoms with Crippen molar-refractivity contribution < 1.29 is 9.59 Å². The van der Waals surface area contributed by atoms with Crippen LogP contribution in [0.25, 0.3) is 0 Å². The van der Waals surface area contributed by atoms with Crippen LogP contribution < -0.4 is 9.80 Å². The summed E-state index contributed by atoms with van der Waals surface area (Å²) in [6, 6.07) is 22.2. The lowest BCUT2D eigenvalue weighted by molar-refractivity contribution is -0.124. The Labute approximate surface area is 194 Å².